The molecule has 82 valence electrons. The Labute approximate surface area is 91.9 Å². The average Bonchev–Trinajstić information content (AvgIpc) is 2.28. The molecule has 1 aromatic rings. The van der Waals surface area contributed by atoms with E-state index < -0.39 is 0 Å². The summed E-state index contributed by atoms with van der Waals surface area (Å²) in [7, 11) is 0. The van der Waals surface area contributed by atoms with Crippen molar-refractivity contribution in [3.05, 3.63) is 29.6 Å². The van der Waals surface area contributed by atoms with Gasteiger partial charge in [0.1, 0.15) is 0 Å². The molecule has 1 heterocycles. The summed E-state index contributed by atoms with van der Waals surface area (Å²) < 4.78 is 0. The summed E-state index contributed by atoms with van der Waals surface area (Å²) >= 11 is 0. The van der Waals surface area contributed by atoms with E-state index in [9.17, 15) is 0 Å². The molecule has 0 bridgehead atoms. The molecule has 2 atom stereocenters. The van der Waals surface area contributed by atoms with Crippen LogP contribution in [0.1, 0.15) is 43.4 Å². The number of aryl methyl sites for hydroxylation is 1. The molecule has 0 spiro atoms. The second kappa shape index (κ2) is 4.75. The van der Waals surface area contributed by atoms with Crippen LogP contribution in [0.3, 0.4) is 0 Å². The lowest BCUT2D eigenvalue weighted by molar-refractivity contribution is 0.380. The fourth-order valence-electron chi connectivity index (χ4n) is 2.66. The second-order valence-electron chi connectivity index (χ2n) is 4.60. The van der Waals surface area contributed by atoms with Crippen LogP contribution >= 0.6 is 0 Å². The Morgan fingerprint density at radius 2 is 2.47 bits per heavy atom. The minimum atomic E-state index is 0.637. The predicted molar refractivity (Wildman–Crippen MR) is 62.8 cm³/mol. The summed E-state index contributed by atoms with van der Waals surface area (Å²) in [5.41, 5.74) is 8.43. The van der Waals surface area contributed by atoms with E-state index in [-0.39, 0.29) is 0 Å². The molecule has 0 aromatic carbocycles. The number of hydrogen-bond acceptors (Lipinski definition) is 2. The Kier molecular flexibility index (Phi) is 3.37. The number of nitrogens with two attached hydrogens (primary N) is 1. The average molecular weight is 204 g/mol. The third-order valence-corrected chi connectivity index (χ3v) is 3.55. The van der Waals surface area contributed by atoms with Crippen molar-refractivity contribution in [2.75, 3.05) is 6.54 Å². The zero-order valence-corrected chi connectivity index (χ0v) is 9.45. The minimum Gasteiger partial charge on any atom is -0.330 e. The van der Waals surface area contributed by atoms with Crippen LogP contribution in [0.25, 0.3) is 0 Å². The topological polar surface area (TPSA) is 38.9 Å². The van der Waals surface area contributed by atoms with Crippen LogP contribution in [0, 0.1) is 5.92 Å². The molecule has 2 nitrogen and oxygen atoms in total. The first-order valence-electron chi connectivity index (χ1n) is 5.96. The quantitative estimate of drug-likeness (QED) is 0.821. The molecule has 0 fully saturated rings. The molecular formula is C13H20N2. The lowest BCUT2D eigenvalue weighted by Gasteiger charge is -2.29. The fraction of sp³-hybridized carbons (Fsp3) is 0.615. The maximum atomic E-state index is 5.64. The van der Waals surface area contributed by atoms with Gasteiger partial charge in [0, 0.05) is 17.8 Å². The van der Waals surface area contributed by atoms with Gasteiger partial charge in [0.15, 0.2) is 0 Å². The van der Waals surface area contributed by atoms with Crippen LogP contribution in [0.4, 0.5) is 0 Å². The van der Waals surface area contributed by atoms with Crippen molar-refractivity contribution < 1.29 is 0 Å². The van der Waals surface area contributed by atoms with Crippen LogP contribution in [0.2, 0.25) is 0 Å². The van der Waals surface area contributed by atoms with Gasteiger partial charge in [0.25, 0.3) is 0 Å². The van der Waals surface area contributed by atoms with E-state index >= 15 is 0 Å². The van der Waals surface area contributed by atoms with E-state index in [1.54, 1.807) is 0 Å². The first kappa shape index (κ1) is 10.6. The normalized spacial score (nSPS) is 22.1. The van der Waals surface area contributed by atoms with Crippen molar-refractivity contribution in [3.63, 3.8) is 0 Å². The molecule has 1 aliphatic carbocycles. The van der Waals surface area contributed by atoms with Crippen LogP contribution < -0.4 is 5.73 Å². The third kappa shape index (κ3) is 2.20. The SMILES string of the molecule is CC(CCN)C1CCCc2cccnc21. The lowest BCUT2D eigenvalue weighted by Crippen LogP contribution is -2.20. The molecule has 0 aliphatic heterocycles. The molecule has 1 aliphatic rings. The molecule has 0 amide bonds. The molecular weight excluding hydrogens is 184 g/mol. The van der Waals surface area contributed by atoms with Crippen molar-refractivity contribution in [1.82, 2.24) is 4.98 Å². The first-order chi connectivity index (χ1) is 7.33. The number of aromatic nitrogens is 1. The van der Waals surface area contributed by atoms with E-state index in [0.29, 0.717) is 11.8 Å². The van der Waals surface area contributed by atoms with Crippen LogP contribution in [0.5, 0.6) is 0 Å². The minimum absolute atomic E-state index is 0.637. The Bertz CT molecular complexity index is 322. The zero-order chi connectivity index (χ0) is 10.7. The van der Waals surface area contributed by atoms with Crippen molar-refractivity contribution >= 4 is 0 Å². The van der Waals surface area contributed by atoms with Gasteiger partial charge in [-0.3, -0.25) is 4.98 Å². The second-order valence-corrected chi connectivity index (χ2v) is 4.60. The summed E-state index contributed by atoms with van der Waals surface area (Å²) in [4.78, 5) is 4.56. The standard InChI is InChI=1S/C13H20N2/c1-10(7-8-14)12-6-2-4-11-5-3-9-15-13(11)12/h3,5,9-10,12H,2,4,6-8,14H2,1H3. The Morgan fingerprint density at radius 1 is 1.60 bits per heavy atom. The monoisotopic (exact) mass is 204 g/mol. The van der Waals surface area contributed by atoms with Gasteiger partial charge in [-0.15, -0.1) is 0 Å². The Morgan fingerprint density at radius 3 is 3.27 bits per heavy atom. The molecule has 2 unspecified atom stereocenters. The van der Waals surface area contributed by atoms with Crippen LogP contribution in [-0.4, -0.2) is 11.5 Å². The molecule has 1 aromatic heterocycles. The lowest BCUT2D eigenvalue weighted by atomic mass is 9.78. The highest BCUT2D eigenvalue weighted by Crippen LogP contribution is 2.36. The van der Waals surface area contributed by atoms with E-state index in [1.165, 1.54) is 30.5 Å². The Balaban J connectivity index is 2.21. The van der Waals surface area contributed by atoms with Crippen molar-refractivity contribution in [3.8, 4) is 0 Å². The smallest absolute Gasteiger partial charge is 0.0469 e. The summed E-state index contributed by atoms with van der Waals surface area (Å²) in [6, 6.07) is 4.28. The summed E-state index contributed by atoms with van der Waals surface area (Å²) in [5, 5.41) is 0. The van der Waals surface area contributed by atoms with E-state index in [0.717, 1.165) is 13.0 Å². The fourth-order valence-corrected chi connectivity index (χ4v) is 2.66. The molecule has 0 radical (unpaired) electrons. The summed E-state index contributed by atoms with van der Waals surface area (Å²) in [6.07, 6.45) is 6.82. The third-order valence-electron chi connectivity index (χ3n) is 3.55. The van der Waals surface area contributed by atoms with Crippen molar-refractivity contribution in [1.29, 1.82) is 0 Å². The molecule has 2 rings (SSSR count). The van der Waals surface area contributed by atoms with Gasteiger partial charge < -0.3 is 5.73 Å². The van der Waals surface area contributed by atoms with Gasteiger partial charge in [-0.1, -0.05) is 13.0 Å². The molecule has 2 heteroatoms. The highest BCUT2D eigenvalue weighted by molar-refractivity contribution is 5.26. The van der Waals surface area contributed by atoms with E-state index in [1.807, 2.05) is 6.20 Å². The molecule has 2 N–H and O–H groups in total. The van der Waals surface area contributed by atoms with E-state index in [4.69, 9.17) is 5.73 Å². The van der Waals surface area contributed by atoms with E-state index in [2.05, 4.69) is 24.0 Å². The number of hydrogen-bond donors (Lipinski definition) is 1. The maximum Gasteiger partial charge on any atom is 0.0469 e. The zero-order valence-electron chi connectivity index (χ0n) is 9.45. The van der Waals surface area contributed by atoms with Gasteiger partial charge in [0.05, 0.1) is 0 Å². The number of pyridine rings is 1. The summed E-state index contributed by atoms with van der Waals surface area (Å²) in [5.74, 6) is 1.31. The van der Waals surface area contributed by atoms with Gasteiger partial charge >= 0.3 is 0 Å². The molecule has 15 heavy (non-hydrogen) atoms. The van der Waals surface area contributed by atoms with Crippen molar-refractivity contribution in [2.45, 2.75) is 38.5 Å². The Hall–Kier alpha value is -0.890. The number of rotatable bonds is 3. The maximum absolute atomic E-state index is 5.64. The van der Waals surface area contributed by atoms with Gasteiger partial charge in [-0.25, -0.2) is 0 Å². The number of fused-ring (bicyclic) bond motifs is 1. The molecule has 0 saturated carbocycles. The summed E-state index contributed by atoms with van der Waals surface area (Å²) in [6.45, 7) is 3.10. The number of nitrogens with zero attached hydrogens (tertiary/aromatic N) is 1. The van der Waals surface area contributed by atoms with Crippen LogP contribution in [-0.2, 0) is 6.42 Å². The van der Waals surface area contributed by atoms with Crippen molar-refractivity contribution in [2.24, 2.45) is 11.7 Å². The highest BCUT2D eigenvalue weighted by atomic mass is 14.7. The highest BCUT2D eigenvalue weighted by Gasteiger charge is 2.25. The van der Waals surface area contributed by atoms with Crippen LogP contribution in [0.15, 0.2) is 18.3 Å². The largest absolute Gasteiger partial charge is 0.330 e. The van der Waals surface area contributed by atoms with Gasteiger partial charge in [-0.2, -0.15) is 0 Å². The predicted octanol–water partition coefficient (Wildman–Crippen LogP) is 2.49. The molecule has 0 saturated heterocycles. The van der Waals surface area contributed by atoms with Gasteiger partial charge in [-0.05, 0) is 49.8 Å². The van der Waals surface area contributed by atoms with Gasteiger partial charge in [0.2, 0.25) is 0 Å². The first-order valence-corrected chi connectivity index (χ1v) is 5.96.